The van der Waals surface area contributed by atoms with E-state index in [1.807, 2.05) is 27.0 Å². The molecule has 20 heavy (non-hydrogen) atoms. The van der Waals surface area contributed by atoms with Crippen LogP contribution in [0.15, 0.2) is 18.5 Å². The number of hydrogen-bond acceptors (Lipinski definition) is 5. The van der Waals surface area contributed by atoms with Crippen LogP contribution in [0.25, 0.3) is 0 Å². The van der Waals surface area contributed by atoms with Crippen LogP contribution in [0, 0.1) is 0 Å². The highest BCUT2D eigenvalue weighted by Gasteiger charge is 2.12. The fourth-order valence-electron chi connectivity index (χ4n) is 2.09. The van der Waals surface area contributed by atoms with Crippen LogP contribution < -0.4 is 15.0 Å². The van der Waals surface area contributed by atoms with Crippen molar-refractivity contribution in [3.8, 4) is 5.75 Å². The van der Waals surface area contributed by atoms with Crippen molar-refractivity contribution in [1.82, 2.24) is 10.3 Å². The number of ether oxygens (including phenoxy) is 2. The number of nitrogens with one attached hydrogen (secondary N) is 1. The fraction of sp³-hybridized carbons (Fsp3) is 0.667. The molecule has 1 aromatic heterocycles. The van der Waals surface area contributed by atoms with E-state index >= 15 is 0 Å². The summed E-state index contributed by atoms with van der Waals surface area (Å²) < 4.78 is 11.3. The minimum absolute atomic E-state index is 0.121. The molecule has 2 heterocycles. The van der Waals surface area contributed by atoms with Gasteiger partial charge >= 0.3 is 0 Å². The Bertz CT molecular complexity index is 412. The van der Waals surface area contributed by atoms with E-state index in [2.05, 4.69) is 21.3 Å². The van der Waals surface area contributed by atoms with Gasteiger partial charge in [0, 0.05) is 32.2 Å². The number of piperazine rings is 1. The van der Waals surface area contributed by atoms with Crippen molar-refractivity contribution in [3.63, 3.8) is 0 Å². The number of pyridine rings is 1. The molecule has 1 fully saturated rings. The average molecular weight is 279 g/mol. The number of anilines is 1. The van der Waals surface area contributed by atoms with Crippen LogP contribution in [0.2, 0.25) is 0 Å². The summed E-state index contributed by atoms with van der Waals surface area (Å²) in [5.74, 6) is 0.804. The molecular weight excluding hydrogens is 254 g/mol. The highest BCUT2D eigenvalue weighted by Crippen LogP contribution is 2.19. The molecular formula is C15H25N3O2. The van der Waals surface area contributed by atoms with Crippen LogP contribution in [0.5, 0.6) is 5.75 Å². The van der Waals surface area contributed by atoms with Gasteiger partial charge in [-0.3, -0.25) is 4.98 Å². The van der Waals surface area contributed by atoms with Crippen LogP contribution in [0.1, 0.15) is 20.8 Å². The zero-order chi connectivity index (χ0) is 14.4. The molecule has 2 rings (SSSR count). The molecule has 0 bridgehead atoms. The summed E-state index contributed by atoms with van der Waals surface area (Å²) >= 11 is 0. The number of hydrogen-bond donors (Lipinski definition) is 1. The average Bonchev–Trinajstić information content (AvgIpc) is 2.44. The lowest BCUT2D eigenvalue weighted by Gasteiger charge is -2.29. The van der Waals surface area contributed by atoms with Gasteiger partial charge in [-0.05, 0) is 20.8 Å². The predicted molar refractivity (Wildman–Crippen MR) is 80.5 cm³/mol. The Morgan fingerprint density at radius 1 is 1.20 bits per heavy atom. The largest absolute Gasteiger partial charge is 0.489 e. The Labute approximate surface area is 121 Å². The molecule has 0 aromatic carbocycles. The van der Waals surface area contributed by atoms with Crippen LogP contribution in [0.3, 0.4) is 0 Å². The lowest BCUT2D eigenvalue weighted by atomic mass is 10.2. The number of nitrogens with zero attached hydrogens (tertiary/aromatic N) is 2. The highest BCUT2D eigenvalue weighted by molar-refractivity contribution is 5.48. The summed E-state index contributed by atoms with van der Waals surface area (Å²) in [5, 5.41) is 3.35. The number of rotatable bonds is 5. The van der Waals surface area contributed by atoms with Crippen molar-refractivity contribution < 1.29 is 9.47 Å². The first-order valence-electron chi connectivity index (χ1n) is 7.22. The van der Waals surface area contributed by atoms with Crippen LogP contribution in [0.4, 0.5) is 5.69 Å². The normalized spacial score (nSPS) is 16.2. The third-order valence-electron chi connectivity index (χ3n) is 3.07. The lowest BCUT2D eigenvalue weighted by molar-refractivity contribution is -0.0163. The van der Waals surface area contributed by atoms with Crippen LogP contribution in [-0.2, 0) is 4.74 Å². The van der Waals surface area contributed by atoms with Crippen molar-refractivity contribution in [2.45, 2.75) is 26.4 Å². The second-order valence-corrected chi connectivity index (χ2v) is 5.93. The zero-order valence-corrected chi connectivity index (χ0v) is 12.7. The van der Waals surface area contributed by atoms with E-state index in [4.69, 9.17) is 9.47 Å². The van der Waals surface area contributed by atoms with Gasteiger partial charge in [-0.2, -0.15) is 0 Å². The molecule has 0 unspecified atom stereocenters. The molecule has 112 valence electrons. The van der Waals surface area contributed by atoms with Gasteiger partial charge in [0.25, 0.3) is 0 Å². The summed E-state index contributed by atoms with van der Waals surface area (Å²) in [4.78, 5) is 6.58. The Morgan fingerprint density at radius 3 is 2.65 bits per heavy atom. The highest BCUT2D eigenvalue weighted by atomic mass is 16.5. The molecule has 1 aliphatic heterocycles. The quantitative estimate of drug-likeness (QED) is 0.831. The van der Waals surface area contributed by atoms with Gasteiger partial charge in [0.05, 0.1) is 30.3 Å². The van der Waals surface area contributed by atoms with E-state index < -0.39 is 0 Å². The first-order valence-corrected chi connectivity index (χ1v) is 7.22. The van der Waals surface area contributed by atoms with Crippen LogP contribution >= 0.6 is 0 Å². The second kappa shape index (κ2) is 6.90. The van der Waals surface area contributed by atoms with E-state index in [0.717, 1.165) is 37.6 Å². The zero-order valence-electron chi connectivity index (χ0n) is 12.7. The van der Waals surface area contributed by atoms with Gasteiger partial charge < -0.3 is 19.7 Å². The standard InChI is InChI=1S/C15H25N3O2/c1-15(2,3)20-9-8-19-14-10-13(11-17-12-14)18-6-4-16-5-7-18/h10-12,16H,4-9H2,1-3H3. The third kappa shape index (κ3) is 4.98. The van der Waals surface area contributed by atoms with Gasteiger partial charge in [0.1, 0.15) is 12.4 Å². The number of aromatic nitrogens is 1. The first kappa shape index (κ1) is 15.1. The van der Waals surface area contributed by atoms with E-state index in [1.165, 1.54) is 0 Å². The van der Waals surface area contributed by atoms with Gasteiger partial charge in [-0.1, -0.05) is 0 Å². The van der Waals surface area contributed by atoms with Gasteiger partial charge in [-0.25, -0.2) is 0 Å². The molecule has 0 aliphatic carbocycles. The molecule has 5 nitrogen and oxygen atoms in total. The molecule has 0 spiro atoms. The molecule has 1 saturated heterocycles. The minimum atomic E-state index is -0.121. The smallest absolute Gasteiger partial charge is 0.139 e. The summed E-state index contributed by atoms with van der Waals surface area (Å²) in [5.41, 5.74) is 1.00. The van der Waals surface area contributed by atoms with E-state index in [1.54, 1.807) is 6.20 Å². The van der Waals surface area contributed by atoms with Crippen LogP contribution in [-0.4, -0.2) is 50.0 Å². The van der Waals surface area contributed by atoms with E-state index in [9.17, 15) is 0 Å². The van der Waals surface area contributed by atoms with Gasteiger partial charge in [-0.15, -0.1) is 0 Å². The molecule has 0 radical (unpaired) electrons. The van der Waals surface area contributed by atoms with Crippen molar-refractivity contribution >= 4 is 5.69 Å². The summed E-state index contributed by atoms with van der Waals surface area (Å²) in [7, 11) is 0. The maximum Gasteiger partial charge on any atom is 0.139 e. The molecule has 0 atom stereocenters. The molecule has 1 N–H and O–H groups in total. The predicted octanol–water partition coefficient (Wildman–Crippen LogP) is 1.69. The fourth-order valence-corrected chi connectivity index (χ4v) is 2.09. The summed E-state index contributed by atoms with van der Waals surface area (Å²) in [6.07, 6.45) is 3.65. The van der Waals surface area contributed by atoms with E-state index in [0.29, 0.717) is 13.2 Å². The van der Waals surface area contributed by atoms with Crippen molar-refractivity contribution in [3.05, 3.63) is 18.5 Å². The Hall–Kier alpha value is -1.33. The topological polar surface area (TPSA) is 46.6 Å². The van der Waals surface area contributed by atoms with Crippen molar-refractivity contribution in [1.29, 1.82) is 0 Å². The SMILES string of the molecule is CC(C)(C)OCCOc1cncc(N2CCNCC2)c1. The molecule has 0 amide bonds. The molecule has 5 heteroatoms. The molecule has 1 aliphatic rings. The summed E-state index contributed by atoms with van der Waals surface area (Å²) in [6, 6.07) is 2.05. The van der Waals surface area contributed by atoms with Gasteiger partial charge in [0.15, 0.2) is 0 Å². The van der Waals surface area contributed by atoms with Crippen molar-refractivity contribution in [2.75, 3.05) is 44.3 Å². The Morgan fingerprint density at radius 2 is 1.95 bits per heavy atom. The first-order chi connectivity index (χ1) is 9.54. The molecule has 0 saturated carbocycles. The van der Waals surface area contributed by atoms with Gasteiger partial charge in [0.2, 0.25) is 0 Å². The van der Waals surface area contributed by atoms with Crippen molar-refractivity contribution in [2.24, 2.45) is 0 Å². The minimum Gasteiger partial charge on any atom is -0.489 e. The maximum absolute atomic E-state index is 5.70. The second-order valence-electron chi connectivity index (χ2n) is 5.93. The summed E-state index contributed by atoms with van der Waals surface area (Å²) in [6.45, 7) is 11.3. The third-order valence-corrected chi connectivity index (χ3v) is 3.07. The Kier molecular flexibility index (Phi) is 5.20. The monoisotopic (exact) mass is 279 g/mol. The van der Waals surface area contributed by atoms with E-state index in [-0.39, 0.29) is 5.60 Å². The Balaban J connectivity index is 1.83. The maximum atomic E-state index is 5.70. The molecule has 1 aromatic rings. The lowest BCUT2D eigenvalue weighted by Crippen LogP contribution is -2.43.